The minimum Gasteiger partial charge on any atom is -0.504 e. The van der Waals surface area contributed by atoms with E-state index in [1.807, 2.05) is 13.2 Å². The molecule has 1 aromatic rings. The normalized spacial score (nSPS) is 27.6. The molecule has 43 heavy (non-hydrogen) atoms. The van der Waals surface area contributed by atoms with Gasteiger partial charge in [0.05, 0.1) is 0 Å². The molecule has 1 aromatic carbocycles. The van der Waals surface area contributed by atoms with Crippen LogP contribution in [0, 0.1) is 16.7 Å². The summed E-state index contributed by atoms with van der Waals surface area (Å²) in [6, 6.07) is 2.39. The quantitative estimate of drug-likeness (QED) is 0.192. The molecule has 2 saturated carbocycles. The molecule has 2 aliphatic carbocycles. The number of aliphatic hydroxyl groups excluding tert-OH is 1. The van der Waals surface area contributed by atoms with Gasteiger partial charge in [-0.05, 0) is 73.8 Å². The van der Waals surface area contributed by atoms with Gasteiger partial charge >= 0.3 is 5.97 Å². The first-order chi connectivity index (χ1) is 20.3. The number of carbonyl (C=O) groups excluding carboxylic acids is 3. The van der Waals surface area contributed by atoms with Gasteiger partial charge in [0.2, 0.25) is 11.8 Å². The number of ether oxygens (including phenoxy) is 1. The van der Waals surface area contributed by atoms with E-state index < -0.39 is 24.1 Å². The average molecular weight is 635 g/mol. The van der Waals surface area contributed by atoms with Crippen molar-refractivity contribution >= 4 is 41.3 Å². The molecule has 0 aromatic heterocycles. The Morgan fingerprint density at radius 1 is 1.19 bits per heavy atom. The molecule has 6 atom stereocenters. The highest BCUT2D eigenvalue weighted by atomic mass is 32.2. The predicted molar refractivity (Wildman–Crippen MR) is 170 cm³/mol. The number of benzene rings is 1. The van der Waals surface area contributed by atoms with Crippen LogP contribution in [0.1, 0.15) is 71.8 Å². The highest BCUT2D eigenvalue weighted by Crippen LogP contribution is 2.66. The van der Waals surface area contributed by atoms with E-state index in [1.165, 1.54) is 30.0 Å². The van der Waals surface area contributed by atoms with Crippen molar-refractivity contribution in [2.75, 3.05) is 18.6 Å². The lowest BCUT2D eigenvalue weighted by molar-refractivity contribution is -0.165. The summed E-state index contributed by atoms with van der Waals surface area (Å²) in [7, 11) is 0. The van der Waals surface area contributed by atoms with Gasteiger partial charge in [-0.1, -0.05) is 39.8 Å². The summed E-state index contributed by atoms with van der Waals surface area (Å²) in [6.07, 6.45) is 7.24. The monoisotopic (exact) mass is 634 g/mol. The molecule has 1 saturated heterocycles. The average Bonchev–Trinajstić information content (AvgIpc) is 3.59. The van der Waals surface area contributed by atoms with Crippen LogP contribution in [0.25, 0.3) is 0 Å². The Labute approximate surface area is 263 Å². The van der Waals surface area contributed by atoms with Crippen molar-refractivity contribution < 1.29 is 34.4 Å². The van der Waals surface area contributed by atoms with Gasteiger partial charge in [-0.15, -0.1) is 23.5 Å². The Morgan fingerprint density at radius 2 is 1.93 bits per heavy atom. The number of hydrogen-bond acceptors (Lipinski definition) is 9. The smallest absolute Gasteiger partial charge is 0.329 e. The number of nitrogens with zero attached hydrogens (tertiary/aromatic N) is 1. The minimum atomic E-state index is -1.49. The SMILES string of the molecule is CC/C=C(\SC)SCC(NC(=O)C(O)Cc1ccc(O)c(O)c1)C(=O)N1CCCC1C(=O)OC1C[C@@H]2CCC1(C)C2(C)C. The lowest BCUT2D eigenvalue weighted by Gasteiger charge is -2.39. The number of aliphatic hydroxyl groups is 1. The molecule has 11 heteroatoms. The molecule has 1 heterocycles. The van der Waals surface area contributed by atoms with Crippen LogP contribution in [-0.2, 0) is 25.5 Å². The van der Waals surface area contributed by atoms with Crippen molar-refractivity contribution in [3.8, 4) is 11.5 Å². The molecule has 0 spiro atoms. The van der Waals surface area contributed by atoms with Crippen molar-refractivity contribution in [1.82, 2.24) is 10.2 Å². The van der Waals surface area contributed by atoms with Gasteiger partial charge in [-0.25, -0.2) is 4.79 Å². The predicted octanol–water partition coefficient (Wildman–Crippen LogP) is 4.58. The number of amides is 2. The van der Waals surface area contributed by atoms with Crippen LogP contribution in [-0.4, -0.2) is 80.8 Å². The van der Waals surface area contributed by atoms with E-state index in [2.05, 4.69) is 32.2 Å². The van der Waals surface area contributed by atoms with Gasteiger partial charge in [0.15, 0.2) is 11.5 Å². The molecule has 2 amide bonds. The Morgan fingerprint density at radius 3 is 2.53 bits per heavy atom. The van der Waals surface area contributed by atoms with Crippen molar-refractivity contribution in [2.24, 2.45) is 16.7 Å². The topological polar surface area (TPSA) is 136 Å². The molecule has 2 bridgehead atoms. The molecule has 4 rings (SSSR count). The molecular weight excluding hydrogens is 588 g/mol. The largest absolute Gasteiger partial charge is 0.504 e. The van der Waals surface area contributed by atoms with Crippen LogP contribution < -0.4 is 5.32 Å². The number of hydrogen-bond donors (Lipinski definition) is 4. The van der Waals surface area contributed by atoms with Crippen LogP contribution >= 0.6 is 23.5 Å². The number of nitrogens with one attached hydrogen (secondary N) is 1. The Kier molecular flexibility index (Phi) is 10.7. The third kappa shape index (κ3) is 6.99. The molecule has 0 radical (unpaired) electrons. The zero-order valence-electron chi connectivity index (χ0n) is 25.8. The van der Waals surface area contributed by atoms with E-state index in [9.17, 15) is 29.7 Å². The standard InChI is InChI=1S/C32H46N2O7S2/c1-6-8-27(42-5)43-18-21(33-28(38)25(37)16-19-10-11-23(35)24(36)15-19)29(39)34-14-7-9-22(34)30(40)41-26-17-20-12-13-32(26,4)31(20,2)3/h8,10-11,15,20-22,25-26,35-37H,6-7,9,12-14,16-18H2,1-5H3,(H,33,38)/b27-8+/t20-,21?,22?,25?,26?,32?/m0/s1. The number of fused-ring (bicyclic) bond motifs is 2. The number of allylic oxidation sites excluding steroid dienone is 1. The Balaban J connectivity index is 1.46. The molecule has 238 valence electrons. The zero-order valence-corrected chi connectivity index (χ0v) is 27.4. The van der Waals surface area contributed by atoms with Gasteiger partial charge < -0.3 is 30.3 Å². The summed E-state index contributed by atoms with van der Waals surface area (Å²) >= 11 is 3.01. The first-order valence-corrected chi connectivity index (χ1v) is 17.4. The van der Waals surface area contributed by atoms with Crippen molar-refractivity contribution in [2.45, 2.75) is 96.9 Å². The van der Waals surface area contributed by atoms with Crippen LogP contribution in [0.3, 0.4) is 0 Å². The fraction of sp³-hybridized carbons (Fsp3) is 0.656. The second-order valence-corrected chi connectivity index (χ2v) is 14.9. The number of esters is 1. The van der Waals surface area contributed by atoms with Crippen molar-refractivity contribution in [3.63, 3.8) is 0 Å². The Bertz CT molecular complexity index is 1240. The van der Waals surface area contributed by atoms with E-state index in [4.69, 9.17) is 4.74 Å². The number of aromatic hydroxyl groups is 2. The number of likely N-dealkylation sites (tertiary alicyclic amines) is 1. The molecule has 4 N–H and O–H groups in total. The third-order valence-electron chi connectivity index (χ3n) is 10.1. The number of phenols is 2. The molecule has 5 unspecified atom stereocenters. The first-order valence-electron chi connectivity index (χ1n) is 15.2. The summed E-state index contributed by atoms with van der Waals surface area (Å²) in [5.41, 5.74) is 0.458. The van der Waals surface area contributed by atoms with Crippen LogP contribution in [0.5, 0.6) is 11.5 Å². The first kappa shape index (κ1) is 33.5. The second kappa shape index (κ2) is 13.7. The van der Waals surface area contributed by atoms with Gasteiger partial charge in [-0.2, -0.15) is 0 Å². The molecule has 1 aliphatic heterocycles. The number of thioether (sulfide) groups is 2. The second-order valence-electron chi connectivity index (χ2n) is 12.8. The maximum Gasteiger partial charge on any atom is 0.329 e. The van der Waals surface area contributed by atoms with Gasteiger partial charge in [0.1, 0.15) is 24.3 Å². The lowest BCUT2D eigenvalue weighted by Crippen LogP contribution is -2.55. The van der Waals surface area contributed by atoms with E-state index >= 15 is 0 Å². The minimum absolute atomic E-state index is 0.0851. The summed E-state index contributed by atoms with van der Waals surface area (Å²) in [5.74, 6) is -1.37. The fourth-order valence-corrected chi connectivity index (χ4v) is 8.84. The number of phenolic OH excluding ortho intramolecular Hbond substituents is 2. The van der Waals surface area contributed by atoms with Crippen LogP contribution in [0.2, 0.25) is 0 Å². The van der Waals surface area contributed by atoms with Crippen molar-refractivity contribution in [3.05, 3.63) is 34.1 Å². The molecule has 3 fully saturated rings. The van der Waals surface area contributed by atoms with E-state index in [1.54, 1.807) is 16.7 Å². The maximum atomic E-state index is 14.0. The summed E-state index contributed by atoms with van der Waals surface area (Å²) in [6.45, 7) is 9.17. The highest BCUT2D eigenvalue weighted by molar-refractivity contribution is 8.22. The third-order valence-corrected chi connectivity index (χ3v) is 12.5. The number of carbonyl (C=O) groups is 3. The van der Waals surface area contributed by atoms with E-state index in [0.717, 1.165) is 29.9 Å². The van der Waals surface area contributed by atoms with Crippen LogP contribution in [0.15, 0.2) is 28.5 Å². The van der Waals surface area contributed by atoms with Crippen molar-refractivity contribution in [1.29, 1.82) is 0 Å². The Hall–Kier alpha value is -2.37. The lowest BCUT2D eigenvalue weighted by atomic mass is 9.70. The van der Waals surface area contributed by atoms with E-state index in [0.29, 0.717) is 30.9 Å². The summed E-state index contributed by atoms with van der Waals surface area (Å²) in [5, 5.41) is 32.7. The van der Waals surface area contributed by atoms with Crippen LogP contribution in [0.4, 0.5) is 0 Å². The molecule has 3 aliphatic rings. The number of rotatable bonds is 12. The fourth-order valence-electron chi connectivity index (χ4n) is 6.99. The highest BCUT2D eigenvalue weighted by Gasteiger charge is 2.63. The van der Waals surface area contributed by atoms with E-state index in [-0.39, 0.29) is 52.5 Å². The zero-order chi connectivity index (χ0) is 31.5. The molecule has 9 nitrogen and oxygen atoms in total. The van der Waals surface area contributed by atoms with Gasteiger partial charge in [0, 0.05) is 28.4 Å². The molecular formula is C32H46N2O7S2. The maximum absolute atomic E-state index is 14.0. The summed E-state index contributed by atoms with van der Waals surface area (Å²) in [4.78, 5) is 42.2. The summed E-state index contributed by atoms with van der Waals surface area (Å²) < 4.78 is 7.18. The van der Waals surface area contributed by atoms with Gasteiger partial charge in [-0.3, -0.25) is 9.59 Å². The van der Waals surface area contributed by atoms with Gasteiger partial charge in [0.25, 0.3) is 0 Å².